The standard InChI is InChI=1S/C15H20O/c1-2-3-4-5-12-6-7-14-11-15(16)9-8-13(14)10-12/h6-7,10H,2-5,8-9,11H2,1H3. The molecule has 16 heavy (non-hydrogen) atoms. The number of hydrogen-bond acceptors (Lipinski definition) is 1. The number of ketones is 1. The topological polar surface area (TPSA) is 17.1 Å². The molecule has 1 heteroatoms. The van der Waals surface area contributed by atoms with E-state index in [0.29, 0.717) is 12.2 Å². The summed E-state index contributed by atoms with van der Waals surface area (Å²) in [6.45, 7) is 2.23. The molecular formula is C15H20O. The molecule has 86 valence electrons. The minimum Gasteiger partial charge on any atom is -0.299 e. The van der Waals surface area contributed by atoms with Crippen LogP contribution in [0.4, 0.5) is 0 Å². The summed E-state index contributed by atoms with van der Waals surface area (Å²) in [5.74, 6) is 0.395. The van der Waals surface area contributed by atoms with Gasteiger partial charge in [0.15, 0.2) is 0 Å². The summed E-state index contributed by atoms with van der Waals surface area (Å²) in [4.78, 5) is 11.3. The number of rotatable bonds is 4. The summed E-state index contributed by atoms with van der Waals surface area (Å²) in [5, 5.41) is 0. The Morgan fingerprint density at radius 2 is 2.00 bits per heavy atom. The van der Waals surface area contributed by atoms with E-state index < -0.39 is 0 Å². The molecule has 0 amide bonds. The van der Waals surface area contributed by atoms with E-state index in [1.165, 1.54) is 42.4 Å². The molecule has 0 saturated heterocycles. The highest BCUT2D eigenvalue weighted by Gasteiger charge is 2.15. The molecule has 1 aliphatic rings. The van der Waals surface area contributed by atoms with Crippen LogP contribution in [0.2, 0.25) is 0 Å². The number of hydrogen-bond donors (Lipinski definition) is 0. The monoisotopic (exact) mass is 216 g/mol. The fourth-order valence-corrected chi connectivity index (χ4v) is 2.39. The predicted octanol–water partition coefficient (Wildman–Crippen LogP) is 3.48. The van der Waals surface area contributed by atoms with Gasteiger partial charge in [-0.3, -0.25) is 4.79 Å². The minimum atomic E-state index is 0.395. The normalized spacial score (nSPS) is 14.9. The van der Waals surface area contributed by atoms with Gasteiger partial charge < -0.3 is 0 Å². The lowest BCUT2D eigenvalue weighted by atomic mass is 9.89. The van der Waals surface area contributed by atoms with Crippen LogP contribution in [-0.4, -0.2) is 5.78 Å². The predicted molar refractivity (Wildman–Crippen MR) is 66.7 cm³/mol. The van der Waals surface area contributed by atoms with Crippen LogP contribution in [0, 0.1) is 0 Å². The molecule has 1 aliphatic carbocycles. The van der Waals surface area contributed by atoms with Crippen molar-refractivity contribution in [2.24, 2.45) is 0 Å². The Bertz CT molecular complexity index is 379. The van der Waals surface area contributed by atoms with Crippen LogP contribution in [0.15, 0.2) is 18.2 Å². The first-order valence-electron chi connectivity index (χ1n) is 6.42. The zero-order valence-corrected chi connectivity index (χ0v) is 10.1. The maximum Gasteiger partial charge on any atom is 0.137 e. The van der Waals surface area contributed by atoms with Gasteiger partial charge in [0.25, 0.3) is 0 Å². The van der Waals surface area contributed by atoms with Gasteiger partial charge in [-0.05, 0) is 36.0 Å². The Morgan fingerprint density at radius 1 is 1.12 bits per heavy atom. The van der Waals surface area contributed by atoms with Crippen LogP contribution in [0.25, 0.3) is 0 Å². The van der Waals surface area contributed by atoms with Gasteiger partial charge >= 0.3 is 0 Å². The van der Waals surface area contributed by atoms with Gasteiger partial charge in [0.1, 0.15) is 5.78 Å². The maximum absolute atomic E-state index is 11.3. The Morgan fingerprint density at radius 3 is 2.81 bits per heavy atom. The van der Waals surface area contributed by atoms with Gasteiger partial charge in [0.05, 0.1) is 0 Å². The van der Waals surface area contributed by atoms with E-state index in [0.717, 1.165) is 12.8 Å². The Hall–Kier alpha value is -1.11. The fourth-order valence-electron chi connectivity index (χ4n) is 2.39. The molecular weight excluding hydrogens is 196 g/mol. The quantitative estimate of drug-likeness (QED) is 0.704. The summed E-state index contributed by atoms with van der Waals surface area (Å²) in [6, 6.07) is 6.68. The zero-order chi connectivity index (χ0) is 11.4. The SMILES string of the molecule is CCCCCc1ccc2c(c1)CCC(=O)C2. The van der Waals surface area contributed by atoms with E-state index in [1.807, 2.05) is 0 Å². The number of Topliss-reactive ketones (excluding diaryl/α,β-unsaturated/α-hetero) is 1. The first-order chi connectivity index (χ1) is 7.79. The molecule has 0 N–H and O–H groups in total. The molecule has 0 unspecified atom stereocenters. The minimum absolute atomic E-state index is 0.395. The smallest absolute Gasteiger partial charge is 0.137 e. The summed E-state index contributed by atoms with van der Waals surface area (Å²) < 4.78 is 0. The second-order valence-corrected chi connectivity index (χ2v) is 4.78. The van der Waals surface area contributed by atoms with Crippen LogP contribution in [-0.2, 0) is 24.1 Å². The summed E-state index contributed by atoms with van der Waals surface area (Å²) in [5.41, 5.74) is 4.12. The third kappa shape index (κ3) is 2.72. The molecule has 0 aliphatic heterocycles. The zero-order valence-electron chi connectivity index (χ0n) is 10.1. The third-order valence-electron chi connectivity index (χ3n) is 3.40. The molecule has 0 atom stereocenters. The van der Waals surface area contributed by atoms with Gasteiger partial charge in [0.2, 0.25) is 0 Å². The summed E-state index contributed by atoms with van der Waals surface area (Å²) in [6.07, 6.45) is 7.42. The molecule has 0 saturated carbocycles. The highest BCUT2D eigenvalue weighted by molar-refractivity contribution is 5.83. The lowest BCUT2D eigenvalue weighted by molar-refractivity contribution is -0.118. The van der Waals surface area contributed by atoms with Crippen molar-refractivity contribution >= 4 is 5.78 Å². The van der Waals surface area contributed by atoms with Gasteiger partial charge in [0, 0.05) is 12.8 Å². The van der Waals surface area contributed by atoms with Crippen molar-refractivity contribution in [3.05, 3.63) is 34.9 Å². The van der Waals surface area contributed by atoms with E-state index in [1.54, 1.807) is 0 Å². The summed E-state index contributed by atoms with van der Waals surface area (Å²) in [7, 11) is 0. The largest absolute Gasteiger partial charge is 0.299 e. The van der Waals surface area contributed by atoms with Crippen molar-refractivity contribution in [1.29, 1.82) is 0 Å². The molecule has 0 bridgehead atoms. The molecule has 0 spiro atoms. The van der Waals surface area contributed by atoms with Gasteiger partial charge in [-0.2, -0.15) is 0 Å². The van der Waals surface area contributed by atoms with Crippen molar-refractivity contribution in [2.45, 2.75) is 51.9 Å². The van der Waals surface area contributed by atoms with Crippen LogP contribution in [0.3, 0.4) is 0 Å². The van der Waals surface area contributed by atoms with Crippen LogP contribution >= 0.6 is 0 Å². The molecule has 2 rings (SSSR count). The van der Waals surface area contributed by atoms with E-state index in [4.69, 9.17) is 0 Å². The first-order valence-corrected chi connectivity index (χ1v) is 6.42. The molecule has 0 radical (unpaired) electrons. The summed E-state index contributed by atoms with van der Waals surface area (Å²) >= 11 is 0. The van der Waals surface area contributed by atoms with Crippen molar-refractivity contribution in [3.63, 3.8) is 0 Å². The Labute approximate surface area is 97.9 Å². The number of unbranched alkanes of at least 4 members (excludes halogenated alkanes) is 2. The van der Waals surface area contributed by atoms with E-state index in [-0.39, 0.29) is 0 Å². The fraction of sp³-hybridized carbons (Fsp3) is 0.533. The first kappa shape index (κ1) is 11.4. The lowest BCUT2D eigenvalue weighted by Crippen LogP contribution is -2.13. The van der Waals surface area contributed by atoms with E-state index >= 15 is 0 Å². The van der Waals surface area contributed by atoms with E-state index in [9.17, 15) is 4.79 Å². The molecule has 1 aromatic rings. The second kappa shape index (κ2) is 5.29. The number of carbonyl (C=O) groups excluding carboxylic acids is 1. The van der Waals surface area contributed by atoms with Gasteiger partial charge in [-0.15, -0.1) is 0 Å². The van der Waals surface area contributed by atoms with E-state index in [2.05, 4.69) is 25.1 Å². The average Bonchev–Trinajstić information content (AvgIpc) is 2.29. The Kier molecular flexibility index (Phi) is 3.76. The number of fused-ring (bicyclic) bond motifs is 1. The molecule has 1 nitrogen and oxygen atoms in total. The van der Waals surface area contributed by atoms with Crippen LogP contribution < -0.4 is 0 Å². The van der Waals surface area contributed by atoms with Crippen LogP contribution in [0.5, 0.6) is 0 Å². The highest BCUT2D eigenvalue weighted by Crippen LogP contribution is 2.21. The third-order valence-corrected chi connectivity index (χ3v) is 3.40. The molecule has 1 aromatic carbocycles. The lowest BCUT2D eigenvalue weighted by Gasteiger charge is -2.15. The van der Waals surface area contributed by atoms with Crippen molar-refractivity contribution in [3.8, 4) is 0 Å². The van der Waals surface area contributed by atoms with Gasteiger partial charge in [-0.1, -0.05) is 38.0 Å². The number of benzene rings is 1. The second-order valence-electron chi connectivity index (χ2n) is 4.78. The average molecular weight is 216 g/mol. The highest BCUT2D eigenvalue weighted by atomic mass is 16.1. The molecule has 0 aromatic heterocycles. The number of aryl methyl sites for hydroxylation is 2. The van der Waals surface area contributed by atoms with Crippen molar-refractivity contribution in [1.82, 2.24) is 0 Å². The molecule has 0 heterocycles. The molecule has 0 fully saturated rings. The van der Waals surface area contributed by atoms with Crippen LogP contribution in [0.1, 0.15) is 49.3 Å². The Balaban J connectivity index is 2.04. The number of carbonyl (C=O) groups is 1. The van der Waals surface area contributed by atoms with Gasteiger partial charge in [-0.25, -0.2) is 0 Å². The van der Waals surface area contributed by atoms with Crippen molar-refractivity contribution < 1.29 is 4.79 Å². The van der Waals surface area contributed by atoms with Crippen molar-refractivity contribution in [2.75, 3.05) is 0 Å². The maximum atomic E-state index is 11.3.